The fourth-order valence-corrected chi connectivity index (χ4v) is 6.94. The van der Waals surface area contributed by atoms with Crippen LogP contribution in [0.5, 0.6) is 0 Å². The maximum absolute atomic E-state index is 3.06. The van der Waals surface area contributed by atoms with Gasteiger partial charge in [-0.2, -0.15) is 12.1 Å². The van der Waals surface area contributed by atoms with Crippen LogP contribution in [0.4, 0.5) is 0 Å². The number of hydrogen-bond donors (Lipinski definition) is 0. The van der Waals surface area contributed by atoms with Gasteiger partial charge in [-0.05, 0) is 51.8 Å². The normalized spacial score (nSPS) is 12.6. The second-order valence-corrected chi connectivity index (χ2v) is 15.1. The van der Waals surface area contributed by atoms with Crippen LogP contribution in [0.25, 0.3) is 43.8 Å². The third-order valence-corrected chi connectivity index (χ3v) is 9.62. The van der Waals surface area contributed by atoms with E-state index in [1.807, 2.05) is 0 Å². The molecular weight excluding hydrogens is 743 g/mol. The van der Waals surface area contributed by atoms with E-state index in [0.29, 0.717) is 0 Å². The van der Waals surface area contributed by atoms with Gasteiger partial charge in [0.2, 0.25) is 0 Å². The van der Waals surface area contributed by atoms with Gasteiger partial charge in [-0.25, -0.2) is 0 Å². The molecule has 0 N–H and O–H groups in total. The SMILES string of the molecule is CC(C)(C)c1ccc(-c2cccc3[cH-]c(C4CCCC4)cc23)cc1.Cc1cc2c(-c3ccc(C(C)(C)C)cc3)cccc2[cH-]1.Cl.Cl.[CH3-].[CH3-].[Si]=[Zr]. The van der Waals surface area contributed by atoms with Gasteiger partial charge < -0.3 is 14.9 Å². The van der Waals surface area contributed by atoms with Gasteiger partial charge >= 0.3 is 30.2 Å². The molecule has 0 nitrogen and oxygen atoms in total. The predicted molar refractivity (Wildman–Crippen MR) is 226 cm³/mol. The Balaban J connectivity index is 0.000000448. The summed E-state index contributed by atoms with van der Waals surface area (Å²) in [7, 11) is 0. The van der Waals surface area contributed by atoms with E-state index >= 15 is 0 Å². The molecule has 0 unspecified atom stereocenters. The minimum absolute atomic E-state index is 0. The maximum atomic E-state index is 3.06. The van der Waals surface area contributed by atoms with Gasteiger partial charge in [0.1, 0.15) is 0 Å². The summed E-state index contributed by atoms with van der Waals surface area (Å²) in [5, 5.41) is 5.51. The van der Waals surface area contributed by atoms with Crippen molar-refractivity contribution in [3.05, 3.63) is 146 Å². The number of halogens is 2. The predicted octanol–water partition coefficient (Wildman–Crippen LogP) is 14.4. The van der Waals surface area contributed by atoms with Gasteiger partial charge in [0.25, 0.3) is 0 Å². The second-order valence-electron chi connectivity index (χ2n) is 15.1. The van der Waals surface area contributed by atoms with Crippen molar-refractivity contribution in [3.8, 4) is 22.3 Å². The molecular formula is C46H56Cl2SiZr-4. The third-order valence-electron chi connectivity index (χ3n) is 9.62. The molecule has 2 radical (unpaired) electrons. The van der Waals surface area contributed by atoms with E-state index in [-0.39, 0.29) is 50.5 Å². The molecule has 0 heterocycles. The van der Waals surface area contributed by atoms with Crippen molar-refractivity contribution in [2.75, 3.05) is 0 Å². The Kier molecular flexibility index (Phi) is 17.9. The van der Waals surface area contributed by atoms with Crippen LogP contribution in [-0.2, 0) is 34.2 Å². The third kappa shape index (κ3) is 10.7. The van der Waals surface area contributed by atoms with Crippen molar-refractivity contribution < 1.29 is 23.3 Å². The fraction of sp³-hybridized carbons (Fsp3) is 0.304. The topological polar surface area (TPSA) is 0 Å². The van der Waals surface area contributed by atoms with E-state index in [0.717, 1.165) is 5.92 Å². The molecule has 266 valence electrons. The molecule has 0 amide bonds. The van der Waals surface area contributed by atoms with Gasteiger partial charge in [-0.1, -0.05) is 133 Å². The zero-order valence-electron chi connectivity index (χ0n) is 31.6. The molecule has 7 rings (SSSR count). The second kappa shape index (κ2) is 19.6. The van der Waals surface area contributed by atoms with Crippen molar-refractivity contribution >= 4 is 53.2 Å². The Bertz CT molecular complexity index is 1890. The van der Waals surface area contributed by atoms with Crippen LogP contribution in [0.1, 0.15) is 95.4 Å². The van der Waals surface area contributed by atoms with Crippen LogP contribution in [-0.4, -0.2) is 6.88 Å². The average Bonchev–Trinajstić information content (AvgIpc) is 3.81. The summed E-state index contributed by atoms with van der Waals surface area (Å²) in [5.41, 5.74) is 11.4. The van der Waals surface area contributed by atoms with Crippen LogP contribution in [0.3, 0.4) is 0 Å². The molecule has 1 aliphatic rings. The van der Waals surface area contributed by atoms with Gasteiger partial charge in [0.15, 0.2) is 0 Å². The molecule has 1 aliphatic carbocycles. The van der Waals surface area contributed by atoms with Gasteiger partial charge in [-0.3, -0.25) is 0 Å². The summed E-state index contributed by atoms with van der Waals surface area (Å²) in [6.07, 6.45) is 5.53. The van der Waals surface area contributed by atoms with Crippen LogP contribution >= 0.6 is 24.8 Å². The Morgan fingerprint density at radius 3 is 1.40 bits per heavy atom. The average molecular weight is 799 g/mol. The van der Waals surface area contributed by atoms with Crippen LogP contribution in [0.2, 0.25) is 0 Å². The number of hydrogen-bond acceptors (Lipinski definition) is 0. The summed E-state index contributed by atoms with van der Waals surface area (Å²) in [6, 6.07) is 40.9. The van der Waals surface area contributed by atoms with E-state index in [2.05, 4.69) is 165 Å². The summed E-state index contributed by atoms with van der Waals surface area (Å²) in [6.45, 7) is 18.8. The summed E-state index contributed by atoms with van der Waals surface area (Å²) in [4.78, 5) is 0. The van der Waals surface area contributed by atoms with E-state index in [4.69, 9.17) is 0 Å². The number of aryl methyl sites for hydroxylation is 1. The summed E-state index contributed by atoms with van der Waals surface area (Å²) < 4.78 is 0. The number of benzene rings is 4. The fourth-order valence-electron chi connectivity index (χ4n) is 6.94. The van der Waals surface area contributed by atoms with Gasteiger partial charge in [0, 0.05) is 0 Å². The standard InChI is InChI=1S/C24H27.C20H21.2CH3.2ClH.Si.Zr/c1-24(2,3)21-13-11-18(12-14-21)22-10-6-9-19-15-20(16-23(19)22)17-7-4-5-8-17;1-14-12-16-6-5-7-18(19(16)13-14)15-8-10-17(11-9-15)20(2,3)4;;;;;;/h6,9-17H,4-5,7-8H2,1-3H3;5-13H,1-4H3;2*1H3;2*1H;;/q4*-1;;;;. The zero-order valence-corrected chi connectivity index (χ0v) is 36.7. The number of rotatable bonds is 3. The molecule has 0 bridgehead atoms. The molecule has 0 saturated heterocycles. The van der Waals surface area contributed by atoms with Crippen LogP contribution in [0.15, 0.2) is 109 Å². The molecule has 0 spiro atoms. The van der Waals surface area contributed by atoms with E-state index in [1.165, 1.54) is 110 Å². The summed E-state index contributed by atoms with van der Waals surface area (Å²) >= 11 is 1.36. The molecule has 0 aliphatic heterocycles. The quantitative estimate of drug-likeness (QED) is 0.124. The van der Waals surface area contributed by atoms with Gasteiger partial charge in [-0.15, -0.1) is 93.9 Å². The molecule has 6 aromatic carbocycles. The molecule has 0 atom stereocenters. The van der Waals surface area contributed by atoms with E-state index < -0.39 is 0 Å². The Morgan fingerprint density at radius 2 is 0.980 bits per heavy atom. The first kappa shape index (κ1) is 45.8. The van der Waals surface area contributed by atoms with Crippen molar-refractivity contribution in [3.63, 3.8) is 0 Å². The van der Waals surface area contributed by atoms with Crippen molar-refractivity contribution in [2.45, 2.75) is 90.9 Å². The van der Waals surface area contributed by atoms with Crippen LogP contribution in [0, 0.1) is 21.8 Å². The Labute approximate surface area is 333 Å². The molecule has 1 saturated carbocycles. The molecule has 6 aromatic rings. The zero-order chi connectivity index (χ0) is 33.1. The first-order valence-corrected chi connectivity index (χ1v) is 21.0. The van der Waals surface area contributed by atoms with E-state index in [1.54, 1.807) is 5.56 Å². The Morgan fingerprint density at radius 1 is 0.580 bits per heavy atom. The van der Waals surface area contributed by atoms with Crippen molar-refractivity contribution in [1.29, 1.82) is 0 Å². The first-order chi connectivity index (χ1) is 22.0. The summed E-state index contributed by atoms with van der Waals surface area (Å²) in [5.74, 6) is 0.786. The van der Waals surface area contributed by atoms with Crippen molar-refractivity contribution in [1.82, 2.24) is 0 Å². The monoisotopic (exact) mass is 796 g/mol. The molecule has 1 fully saturated rings. The van der Waals surface area contributed by atoms with Crippen molar-refractivity contribution in [2.24, 2.45) is 0 Å². The van der Waals surface area contributed by atoms with Gasteiger partial charge in [0.05, 0.1) is 0 Å². The Hall–Kier alpha value is -2.22. The molecule has 50 heavy (non-hydrogen) atoms. The minimum atomic E-state index is 0. The van der Waals surface area contributed by atoms with Crippen LogP contribution < -0.4 is 0 Å². The number of fused-ring (bicyclic) bond motifs is 2. The van der Waals surface area contributed by atoms with E-state index in [9.17, 15) is 0 Å². The molecule has 0 aromatic heterocycles. The first-order valence-electron chi connectivity index (χ1n) is 16.8. The molecule has 4 heteroatoms.